The molecule has 1 N–H and O–H groups in total. The van der Waals surface area contributed by atoms with E-state index in [1.165, 1.54) is 6.07 Å². The average Bonchev–Trinajstić information content (AvgIpc) is 3.17. The van der Waals surface area contributed by atoms with Gasteiger partial charge in [0.25, 0.3) is 5.91 Å². The van der Waals surface area contributed by atoms with Crippen LogP contribution in [0.4, 0.5) is 5.82 Å². The van der Waals surface area contributed by atoms with E-state index in [4.69, 9.17) is 4.42 Å². The Kier molecular flexibility index (Phi) is 4.16. The van der Waals surface area contributed by atoms with Gasteiger partial charge in [-0.25, -0.2) is 4.98 Å². The zero-order valence-electron chi connectivity index (χ0n) is 14.4. The van der Waals surface area contributed by atoms with Crippen molar-refractivity contribution in [1.29, 1.82) is 0 Å². The first-order valence-corrected chi connectivity index (χ1v) is 8.65. The van der Waals surface area contributed by atoms with Gasteiger partial charge in [-0.15, -0.1) is 0 Å². The highest BCUT2D eigenvalue weighted by Crippen LogP contribution is 2.33. The van der Waals surface area contributed by atoms with Crippen molar-refractivity contribution in [2.75, 3.05) is 18.9 Å². The van der Waals surface area contributed by atoms with Crippen molar-refractivity contribution >= 4 is 22.7 Å². The number of amides is 1. The maximum Gasteiger partial charge on any atom is 0.290 e. The Bertz CT molecular complexity index is 1030. The van der Waals surface area contributed by atoms with Gasteiger partial charge >= 0.3 is 0 Å². The minimum Gasteiger partial charge on any atom is -0.451 e. The first kappa shape index (κ1) is 16.3. The lowest BCUT2D eigenvalue weighted by Gasteiger charge is -2.24. The monoisotopic (exact) mass is 349 g/mol. The van der Waals surface area contributed by atoms with E-state index < -0.39 is 0 Å². The van der Waals surface area contributed by atoms with Gasteiger partial charge in [-0.1, -0.05) is 12.1 Å². The number of hydrogen-bond acceptors (Lipinski definition) is 5. The molecule has 1 saturated heterocycles. The zero-order valence-corrected chi connectivity index (χ0v) is 14.4. The van der Waals surface area contributed by atoms with E-state index in [0.717, 1.165) is 24.2 Å². The number of benzene rings is 1. The van der Waals surface area contributed by atoms with E-state index >= 15 is 0 Å². The molecule has 0 aliphatic carbocycles. The lowest BCUT2D eigenvalue weighted by atomic mass is 10.1. The Morgan fingerprint density at radius 3 is 2.96 bits per heavy atom. The molecule has 6 nitrogen and oxygen atoms in total. The molecule has 1 unspecified atom stereocenters. The van der Waals surface area contributed by atoms with Gasteiger partial charge in [0.2, 0.25) is 0 Å². The second kappa shape index (κ2) is 6.63. The number of carbonyl (C=O) groups is 1. The van der Waals surface area contributed by atoms with Gasteiger partial charge in [0.05, 0.1) is 11.4 Å². The van der Waals surface area contributed by atoms with Crippen molar-refractivity contribution in [3.05, 3.63) is 70.2 Å². The Morgan fingerprint density at radius 1 is 1.27 bits per heavy atom. The summed E-state index contributed by atoms with van der Waals surface area (Å²) in [6, 6.07) is 12.1. The summed E-state index contributed by atoms with van der Waals surface area (Å²) in [4.78, 5) is 31.4. The summed E-state index contributed by atoms with van der Waals surface area (Å²) < 4.78 is 5.73. The fourth-order valence-corrected chi connectivity index (χ4v) is 3.50. The highest BCUT2D eigenvalue weighted by molar-refractivity contribution is 5.93. The molecule has 0 saturated carbocycles. The molecule has 6 heteroatoms. The van der Waals surface area contributed by atoms with Gasteiger partial charge in [0.1, 0.15) is 11.4 Å². The number of rotatable bonds is 3. The summed E-state index contributed by atoms with van der Waals surface area (Å²) in [5, 5.41) is 3.50. The third-order valence-electron chi connectivity index (χ3n) is 4.78. The number of hydrogen-bond donors (Lipinski definition) is 1. The number of likely N-dealkylation sites (tertiary alicyclic amines) is 1. The van der Waals surface area contributed by atoms with Crippen LogP contribution < -0.4 is 10.7 Å². The first-order chi connectivity index (χ1) is 12.7. The minimum atomic E-state index is -0.252. The van der Waals surface area contributed by atoms with Gasteiger partial charge in [0.15, 0.2) is 11.2 Å². The van der Waals surface area contributed by atoms with Gasteiger partial charge in [-0.2, -0.15) is 0 Å². The number of anilines is 1. The molecule has 0 spiro atoms. The first-order valence-electron chi connectivity index (χ1n) is 8.65. The van der Waals surface area contributed by atoms with E-state index in [1.807, 2.05) is 19.2 Å². The third kappa shape index (κ3) is 2.83. The largest absolute Gasteiger partial charge is 0.451 e. The van der Waals surface area contributed by atoms with E-state index in [9.17, 15) is 9.59 Å². The normalized spacial score (nSPS) is 16.8. The smallest absolute Gasteiger partial charge is 0.290 e. The summed E-state index contributed by atoms with van der Waals surface area (Å²) in [6.45, 7) is 0.636. The number of carbonyl (C=O) groups excluding carboxylic acids is 1. The molecule has 4 rings (SSSR count). The molecule has 1 aliphatic rings. The molecule has 1 amide bonds. The predicted molar refractivity (Wildman–Crippen MR) is 99.3 cm³/mol. The third-order valence-corrected chi connectivity index (χ3v) is 4.78. The summed E-state index contributed by atoms with van der Waals surface area (Å²) >= 11 is 0. The lowest BCUT2D eigenvalue weighted by Crippen LogP contribution is -2.31. The van der Waals surface area contributed by atoms with Crippen molar-refractivity contribution in [1.82, 2.24) is 9.88 Å². The van der Waals surface area contributed by atoms with Crippen molar-refractivity contribution in [3.8, 4) is 0 Å². The molecule has 132 valence electrons. The van der Waals surface area contributed by atoms with Crippen LogP contribution in [-0.2, 0) is 0 Å². The number of fused-ring (bicyclic) bond motifs is 1. The molecular weight excluding hydrogens is 330 g/mol. The quantitative estimate of drug-likeness (QED) is 0.786. The van der Waals surface area contributed by atoms with Gasteiger partial charge in [-0.05, 0) is 42.7 Å². The van der Waals surface area contributed by atoms with E-state index in [0.29, 0.717) is 17.5 Å². The molecule has 1 fully saturated rings. The molecule has 2 aromatic heterocycles. The molecule has 1 aliphatic heterocycles. The predicted octanol–water partition coefficient (Wildman–Crippen LogP) is 3.21. The van der Waals surface area contributed by atoms with Crippen molar-refractivity contribution < 1.29 is 9.21 Å². The van der Waals surface area contributed by atoms with Gasteiger partial charge in [0, 0.05) is 25.9 Å². The van der Waals surface area contributed by atoms with Gasteiger partial charge in [-0.3, -0.25) is 9.59 Å². The minimum absolute atomic E-state index is 0.0469. The molecule has 1 aromatic carbocycles. The molecule has 26 heavy (non-hydrogen) atoms. The highest BCUT2D eigenvalue weighted by atomic mass is 16.3. The topological polar surface area (TPSA) is 75.4 Å². The summed E-state index contributed by atoms with van der Waals surface area (Å²) in [7, 11) is 1.81. The maximum atomic E-state index is 13.0. The molecule has 3 heterocycles. The second-order valence-corrected chi connectivity index (χ2v) is 6.35. The molecule has 0 bridgehead atoms. The maximum absolute atomic E-state index is 13.0. The van der Waals surface area contributed by atoms with E-state index in [-0.39, 0.29) is 23.1 Å². The van der Waals surface area contributed by atoms with Crippen LogP contribution in [-0.4, -0.2) is 29.4 Å². The number of para-hydroxylation sites is 1. The highest BCUT2D eigenvalue weighted by Gasteiger charge is 2.32. The van der Waals surface area contributed by atoms with Crippen molar-refractivity contribution in [2.24, 2.45) is 0 Å². The second-order valence-electron chi connectivity index (χ2n) is 6.35. The SMILES string of the molecule is CNc1cc(C2CCCN2C(=O)c2cc(=O)c3ccccc3o2)ccn1. The van der Waals surface area contributed by atoms with Crippen molar-refractivity contribution in [2.45, 2.75) is 18.9 Å². The van der Waals surface area contributed by atoms with E-state index in [2.05, 4.69) is 10.3 Å². The number of nitrogens with zero attached hydrogens (tertiary/aromatic N) is 2. The fourth-order valence-electron chi connectivity index (χ4n) is 3.50. The van der Waals surface area contributed by atoms with Crippen LogP contribution in [0.1, 0.15) is 35.0 Å². The molecule has 0 radical (unpaired) electrons. The van der Waals surface area contributed by atoms with Gasteiger partial charge < -0.3 is 14.6 Å². The standard InChI is InChI=1S/C20H19N3O3/c1-21-19-11-13(8-9-22-19)15-6-4-10-23(15)20(25)18-12-16(24)14-5-2-3-7-17(14)26-18/h2-3,5,7-9,11-12,15H,4,6,10H2,1H3,(H,21,22). The van der Waals surface area contributed by atoms with Crippen molar-refractivity contribution in [3.63, 3.8) is 0 Å². The number of nitrogens with one attached hydrogen (secondary N) is 1. The summed E-state index contributed by atoms with van der Waals surface area (Å²) in [5.41, 5.74) is 1.26. The van der Waals surface area contributed by atoms with E-state index in [1.54, 1.807) is 35.4 Å². The molecular formula is C20H19N3O3. The van der Waals surface area contributed by atoms with Crippen LogP contribution in [0, 0.1) is 0 Å². The zero-order chi connectivity index (χ0) is 18.1. The number of pyridine rings is 1. The van der Waals surface area contributed by atoms with Crippen LogP contribution in [0.2, 0.25) is 0 Å². The summed E-state index contributed by atoms with van der Waals surface area (Å²) in [5.74, 6) is 0.598. The molecule has 1 atom stereocenters. The van der Waals surface area contributed by atoms with Crippen LogP contribution in [0.3, 0.4) is 0 Å². The lowest BCUT2D eigenvalue weighted by molar-refractivity contribution is 0.0704. The van der Waals surface area contributed by atoms with Crippen LogP contribution in [0.25, 0.3) is 11.0 Å². The Labute approximate surface area is 150 Å². The molecule has 3 aromatic rings. The summed E-state index contributed by atoms with van der Waals surface area (Å²) in [6.07, 6.45) is 3.51. The average molecular weight is 349 g/mol. The Balaban J connectivity index is 1.70. The Hall–Kier alpha value is -3.15. The fraction of sp³-hybridized carbons (Fsp3) is 0.250. The van der Waals surface area contributed by atoms with Crippen LogP contribution in [0.5, 0.6) is 0 Å². The van der Waals surface area contributed by atoms with Crippen LogP contribution in [0.15, 0.2) is 57.9 Å². The van der Waals surface area contributed by atoms with Crippen LogP contribution >= 0.6 is 0 Å². The number of aromatic nitrogens is 1. The Morgan fingerprint density at radius 2 is 2.12 bits per heavy atom.